The minimum Gasteiger partial charge on any atom is -0.485 e. The maximum Gasteiger partial charge on any atom is 0.146 e. The lowest BCUT2D eigenvalue weighted by Crippen LogP contribution is -1.99. The molecule has 0 aliphatic carbocycles. The minimum atomic E-state index is 0.456. The monoisotopic (exact) mass is 253 g/mol. The van der Waals surface area contributed by atoms with E-state index in [2.05, 4.69) is 10.1 Å². The van der Waals surface area contributed by atoms with Crippen molar-refractivity contribution in [1.29, 1.82) is 0 Å². The van der Waals surface area contributed by atoms with E-state index in [1.54, 1.807) is 6.20 Å². The largest absolute Gasteiger partial charge is 0.485 e. The number of rotatable bonds is 3. The highest BCUT2D eigenvalue weighted by Gasteiger charge is 2.05. The zero-order chi connectivity index (χ0) is 13.2. The normalized spacial score (nSPS) is 10.8. The minimum absolute atomic E-state index is 0.456. The first-order chi connectivity index (χ1) is 9.24. The predicted molar refractivity (Wildman–Crippen MR) is 74.0 cm³/mol. The van der Waals surface area contributed by atoms with Gasteiger partial charge in [0.15, 0.2) is 0 Å². The smallest absolute Gasteiger partial charge is 0.146 e. The van der Waals surface area contributed by atoms with Gasteiger partial charge in [0.1, 0.15) is 23.6 Å². The first kappa shape index (κ1) is 11.7. The topological polar surface area (TPSA) is 39.9 Å². The van der Waals surface area contributed by atoms with Gasteiger partial charge >= 0.3 is 0 Å². The number of fused-ring (bicyclic) bond motifs is 1. The first-order valence-corrected chi connectivity index (χ1v) is 6.20. The molecule has 3 rings (SSSR count). The molecule has 0 atom stereocenters. The molecule has 0 bridgehead atoms. The van der Waals surface area contributed by atoms with Gasteiger partial charge in [-0.2, -0.15) is 5.10 Å². The number of nitrogens with zero attached hydrogens (tertiary/aromatic N) is 3. The van der Waals surface area contributed by atoms with Crippen LogP contribution in [0, 0.1) is 6.92 Å². The molecule has 0 saturated carbocycles. The second kappa shape index (κ2) is 4.72. The van der Waals surface area contributed by atoms with E-state index >= 15 is 0 Å². The highest BCUT2D eigenvalue weighted by Crippen LogP contribution is 2.23. The van der Waals surface area contributed by atoms with Crippen molar-refractivity contribution in [2.24, 2.45) is 7.05 Å². The Morgan fingerprint density at radius 2 is 2.05 bits per heavy atom. The van der Waals surface area contributed by atoms with Crippen molar-refractivity contribution in [3.8, 4) is 5.75 Å². The number of benzene rings is 1. The molecule has 0 N–H and O–H groups in total. The zero-order valence-electron chi connectivity index (χ0n) is 11.0. The number of aryl methyl sites for hydroxylation is 2. The Balaban J connectivity index is 1.85. The van der Waals surface area contributed by atoms with Crippen molar-refractivity contribution in [2.45, 2.75) is 13.5 Å². The van der Waals surface area contributed by atoms with Gasteiger partial charge in [0.05, 0.1) is 0 Å². The SMILES string of the molecule is Cc1cc(COc2cccc3cccnc23)nn1C. The van der Waals surface area contributed by atoms with E-state index in [1.165, 1.54) is 0 Å². The molecule has 2 heterocycles. The summed E-state index contributed by atoms with van der Waals surface area (Å²) in [4.78, 5) is 4.37. The van der Waals surface area contributed by atoms with Gasteiger partial charge in [-0.25, -0.2) is 0 Å². The molecule has 2 aromatic heterocycles. The van der Waals surface area contributed by atoms with Gasteiger partial charge in [0, 0.05) is 24.3 Å². The summed E-state index contributed by atoms with van der Waals surface area (Å²) in [6.45, 7) is 2.48. The third kappa shape index (κ3) is 2.29. The van der Waals surface area contributed by atoms with Crippen LogP contribution in [0.1, 0.15) is 11.4 Å². The van der Waals surface area contributed by atoms with E-state index in [4.69, 9.17) is 4.74 Å². The van der Waals surface area contributed by atoms with Crippen LogP contribution in [0.25, 0.3) is 10.9 Å². The molecule has 19 heavy (non-hydrogen) atoms. The molecular weight excluding hydrogens is 238 g/mol. The van der Waals surface area contributed by atoms with Crippen LogP contribution in [0.15, 0.2) is 42.6 Å². The Morgan fingerprint density at radius 1 is 1.21 bits per heavy atom. The average molecular weight is 253 g/mol. The van der Waals surface area contributed by atoms with Crippen LogP contribution < -0.4 is 4.74 Å². The molecule has 0 aliphatic rings. The molecule has 0 spiro atoms. The molecule has 3 aromatic rings. The van der Waals surface area contributed by atoms with Gasteiger partial charge < -0.3 is 4.74 Å². The first-order valence-electron chi connectivity index (χ1n) is 6.20. The predicted octanol–water partition coefficient (Wildman–Crippen LogP) is 2.86. The number of aromatic nitrogens is 3. The Morgan fingerprint density at radius 3 is 2.84 bits per heavy atom. The van der Waals surface area contributed by atoms with Gasteiger partial charge in [-0.05, 0) is 25.1 Å². The van der Waals surface area contributed by atoms with Crippen molar-refractivity contribution < 1.29 is 4.74 Å². The van der Waals surface area contributed by atoms with Gasteiger partial charge in [0.25, 0.3) is 0 Å². The fourth-order valence-electron chi connectivity index (χ4n) is 2.05. The molecule has 1 aromatic carbocycles. The van der Waals surface area contributed by atoms with Gasteiger partial charge in [0.2, 0.25) is 0 Å². The number of hydrogen-bond acceptors (Lipinski definition) is 3. The maximum atomic E-state index is 5.84. The van der Waals surface area contributed by atoms with E-state index in [-0.39, 0.29) is 0 Å². The summed E-state index contributed by atoms with van der Waals surface area (Å²) in [7, 11) is 1.93. The molecule has 96 valence electrons. The van der Waals surface area contributed by atoms with Crippen molar-refractivity contribution in [1.82, 2.24) is 14.8 Å². The molecule has 0 aliphatic heterocycles. The van der Waals surface area contributed by atoms with Crippen LogP contribution >= 0.6 is 0 Å². The van der Waals surface area contributed by atoms with Crippen molar-refractivity contribution in [2.75, 3.05) is 0 Å². The summed E-state index contributed by atoms with van der Waals surface area (Å²) in [5, 5.41) is 5.46. The van der Waals surface area contributed by atoms with Gasteiger partial charge in [-0.3, -0.25) is 9.67 Å². The summed E-state index contributed by atoms with van der Waals surface area (Å²) in [6, 6.07) is 11.9. The van der Waals surface area contributed by atoms with Crippen LogP contribution in [0.3, 0.4) is 0 Å². The quantitative estimate of drug-likeness (QED) is 0.720. The molecule has 0 radical (unpaired) electrons. The van der Waals surface area contributed by atoms with E-state index in [9.17, 15) is 0 Å². The highest BCUT2D eigenvalue weighted by atomic mass is 16.5. The summed E-state index contributed by atoms with van der Waals surface area (Å²) in [5.74, 6) is 0.793. The Bertz CT molecular complexity index is 693. The van der Waals surface area contributed by atoms with E-state index < -0.39 is 0 Å². The van der Waals surface area contributed by atoms with Crippen LogP contribution in [0.5, 0.6) is 5.75 Å². The number of para-hydroxylation sites is 1. The second-order valence-electron chi connectivity index (χ2n) is 4.52. The number of hydrogen-bond donors (Lipinski definition) is 0. The molecule has 0 fully saturated rings. The Kier molecular flexibility index (Phi) is 2.91. The number of pyridine rings is 1. The lowest BCUT2D eigenvalue weighted by molar-refractivity contribution is 0.303. The summed E-state index contributed by atoms with van der Waals surface area (Å²) < 4.78 is 7.68. The third-order valence-electron chi connectivity index (χ3n) is 3.14. The van der Waals surface area contributed by atoms with E-state index in [0.717, 1.165) is 28.0 Å². The maximum absolute atomic E-state index is 5.84. The Labute approximate surface area is 111 Å². The summed E-state index contributed by atoms with van der Waals surface area (Å²) in [5.41, 5.74) is 2.93. The molecular formula is C15H15N3O. The van der Waals surface area contributed by atoms with Gasteiger partial charge in [-0.1, -0.05) is 18.2 Å². The molecule has 0 amide bonds. The molecule has 4 heteroatoms. The van der Waals surface area contributed by atoms with E-state index in [0.29, 0.717) is 6.61 Å². The zero-order valence-corrected chi connectivity index (χ0v) is 11.0. The van der Waals surface area contributed by atoms with Crippen LogP contribution in [0.2, 0.25) is 0 Å². The van der Waals surface area contributed by atoms with Crippen LogP contribution in [0.4, 0.5) is 0 Å². The van der Waals surface area contributed by atoms with Crippen molar-refractivity contribution in [3.63, 3.8) is 0 Å². The third-order valence-corrected chi connectivity index (χ3v) is 3.14. The highest BCUT2D eigenvalue weighted by molar-refractivity contribution is 5.84. The number of ether oxygens (including phenoxy) is 1. The molecule has 0 unspecified atom stereocenters. The van der Waals surface area contributed by atoms with Crippen molar-refractivity contribution in [3.05, 3.63) is 54.0 Å². The van der Waals surface area contributed by atoms with E-state index in [1.807, 2.05) is 55.1 Å². The van der Waals surface area contributed by atoms with Crippen LogP contribution in [-0.4, -0.2) is 14.8 Å². The second-order valence-corrected chi connectivity index (χ2v) is 4.52. The fourth-order valence-corrected chi connectivity index (χ4v) is 2.05. The van der Waals surface area contributed by atoms with Crippen LogP contribution in [-0.2, 0) is 13.7 Å². The summed E-state index contributed by atoms with van der Waals surface area (Å²) in [6.07, 6.45) is 1.78. The van der Waals surface area contributed by atoms with Gasteiger partial charge in [-0.15, -0.1) is 0 Å². The molecule has 0 saturated heterocycles. The Hall–Kier alpha value is -2.36. The summed E-state index contributed by atoms with van der Waals surface area (Å²) >= 11 is 0. The standard InChI is InChI=1S/C15H15N3O/c1-11-9-13(17-18(11)2)10-19-14-7-3-5-12-6-4-8-16-15(12)14/h3-9H,10H2,1-2H3. The molecule has 4 nitrogen and oxygen atoms in total. The lowest BCUT2D eigenvalue weighted by Gasteiger charge is -2.06. The lowest BCUT2D eigenvalue weighted by atomic mass is 10.2. The average Bonchev–Trinajstić information content (AvgIpc) is 2.75. The fraction of sp³-hybridized carbons (Fsp3) is 0.200. The van der Waals surface area contributed by atoms with Crippen molar-refractivity contribution >= 4 is 10.9 Å².